The van der Waals surface area contributed by atoms with Gasteiger partial charge in [-0.1, -0.05) is 47.5 Å². The molecule has 0 fully saturated rings. The van der Waals surface area contributed by atoms with E-state index in [1.54, 1.807) is 4.90 Å². The molecule has 5 heteroatoms. The van der Waals surface area contributed by atoms with Gasteiger partial charge in [-0.15, -0.1) is 0 Å². The van der Waals surface area contributed by atoms with Gasteiger partial charge in [-0.3, -0.25) is 4.79 Å². The summed E-state index contributed by atoms with van der Waals surface area (Å²) in [4.78, 5) is 14.2. The van der Waals surface area contributed by atoms with Gasteiger partial charge in [0, 0.05) is 23.5 Å². The molecular formula is C18H20Cl2N2O. The second kappa shape index (κ2) is 8.34. The summed E-state index contributed by atoms with van der Waals surface area (Å²) in [6.07, 6.45) is 1.11. The number of hydrogen-bond donors (Lipinski definition) is 1. The van der Waals surface area contributed by atoms with Crippen molar-refractivity contribution in [3.05, 3.63) is 69.7 Å². The van der Waals surface area contributed by atoms with Crippen molar-refractivity contribution in [1.29, 1.82) is 0 Å². The van der Waals surface area contributed by atoms with Crippen molar-refractivity contribution < 1.29 is 4.79 Å². The molecule has 1 amide bonds. The summed E-state index contributed by atoms with van der Waals surface area (Å²) < 4.78 is 0. The Labute approximate surface area is 147 Å². The van der Waals surface area contributed by atoms with E-state index in [9.17, 15) is 4.79 Å². The topological polar surface area (TPSA) is 46.3 Å². The van der Waals surface area contributed by atoms with Gasteiger partial charge in [0.15, 0.2) is 0 Å². The fourth-order valence-electron chi connectivity index (χ4n) is 2.50. The lowest BCUT2D eigenvalue weighted by molar-refractivity contribution is -0.131. The van der Waals surface area contributed by atoms with Crippen molar-refractivity contribution in [3.63, 3.8) is 0 Å². The number of benzene rings is 2. The molecule has 0 aromatic heterocycles. The average Bonchev–Trinajstić information content (AvgIpc) is 2.56. The van der Waals surface area contributed by atoms with Gasteiger partial charge in [-0.05, 0) is 48.4 Å². The Balaban J connectivity index is 2.36. The minimum Gasteiger partial charge on any atom is -0.335 e. The molecule has 2 rings (SSSR count). The molecule has 0 saturated heterocycles. The Morgan fingerprint density at radius 1 is 1.00 bits per heavy atom. The SMILES string of the molecule is CN(C(=O)CCCN)C(c1ccc(Cl)cc1)c1ccc(Cl)cc1. The summed E-state index contributed by atoms with van der Waals surface area (Å²) >= 11 is 12.0. The number of hydrogen-bond acceptors (Lipinski definition) is 2. The first-order valence-corrected chi connectivity index (χ1v) is 8.25. The van der Waals surface area contributed by atoms with Gasteiger partial charge in [0.2, 0.25) is 5.91 Å². The van der Waals surface area contributed by atoms with E-state index in [-0.39, 0.29) is 11.9 Å². The van der Waals surface area contributed by atoms with Crippen LogP contribution >= 0.6 is 23.2 Å². The molecule has 2 aromatic rings. The molecule has 2 aromatic carbocycles. The van der Waals surface area contributed by atoms with Crippen molar-refractivity contribution in [1.82, 2.24) is 4.90 Å². The molecule has 0 spiro atoms. The Hall–Kier alpha value is -1.55. The highest BCUT2D eigenvalue weighted by Gasteiger charge is 2.23. The van der Waals surface area contributed by atoms with E-state index in [1.807, 2.05) is 55.6 Å². The first kappa shape index (κ1) is 17.8. The molecule has 0 atom stereocenters. The number of rotatable bonds is 6. The standard InChI is InChI=1S/C18H20Cl2N2O/c1-22(17(23)3-2-12-21)18(13-4-8-15(19)9-5-13)14-6-10-16(20)11-7-14/h4-11,18H,2-3,12,21H2,1H3. The maximum Gasteiger partial charge on any atom is 0.223 e. The zero-order valence-electron chi connectivity index (χ0n) is 13.0. The van der Waals surface area contributed by atoms with Crippen molar-refractivity contribution in [2.45, 2.75) is 18.9 Å². The fraction of sp³-hybridized carbons (Fsp3) is 0.278. The second-order valence-electron chi connectivity index (χ2n) is 5.40. The van der Waals surface area contributed by atoms with Crippen LogP contribution in [0.25, 0.3) is 0 Å². The van der Waals surface area contributed by atoms with Crippen molar-refractivity contribution in [3.8, 4) is 0 Å². The Kier molecular flexibility index (Phi) is 6.46. The summed E-state index contributed by atoms with van der Waals surface area (Å²) in [7, 11) is 1.81. The van der Waals surface area contributed by atoms with Crippen LogP contribution in [0.1, 0.15) is 30.0 Å². The van der Waals surface area contributed by atoms with E-state index >= 15 is 0 Å². The number of carbonyl (C=O) groups excluding carboxylic acids is 1. The molecular weight excluding hydrogens is 331 g/mol. The molecule has 0 heterocycles. The molecule has 0 aliphatic carbocycles. The van der Waals surface area contributed by atoms with Crippen molar-refractivity contribution in [2.75, 3.05) is 13.6 Å². The third kappa shape index (κ3) is 4.71. The van der Waals surface area contributed by atoms with Gasteiger partial charge in [0.1, 0.15) is 0 Å². The third-order valence-electron chi connectivity index (χ3n) is 3.75. The lowest BCUT2D eigenvalue weighted by atomic mass is 9.97. The minimum absolute atomic E-state index is 0.0605. The number of nitrogens with zero attached hydrogens (tertiary/aromatic N) is 1. The van der Waals surface area contributed by atoms with E-state index in [0.717, 1.165) is 11.1 Å². The van der Waals surface area contributed by atoms with Gasteiger partial charge >= 0.3 is 0 Å². The number of nitrogens with two attached hydrogens (primary N) is 1. The lowest BCUT2D eigenvalue weighted by Gasteiger charge is -2.29. The van der Waals surface area contributed by atoms with E-state index in [2.05, 4.69) is 0 Å². The molecule has 3 nitrogen and oxygen atoms in total. The van der Waals surface area contributed by atoms with Crippen LogP contribution in [-0.4, -0.2) is 24.4 Å². The molecule has 23 heavy (non-hydrogen) atoms. The Bertz CT molecular complexity index is 596. The highest BCUT2D eigenvalue weighted by Crippen LogP contribution is 2.30. The van der Waals surface area contributed by atoms with Gasteiger partial charge in [-0.25, -0.2) is 0 Å². The van der Waals surface area contributed by atoms with Crippen LogP contribution in [0.4, 0.5) is 0 Å². The summed E-state index contributed by atoms with van der Waals surface area (Å²) in [6.45, 7) is 0.506. The van der Waals surface area contributed by atoms with E-state index in [0.29, 0.717) is 29.4 Å². The molecule has 2 N–H and O–H groups in total. The van der Waals surface area contributed by atoms with E-state index in [4.69, 9.17) is 28.9 Å². The number of halogens is 2. The largest absolute Gasteiger partial charge is 0.335 e. The predicted molar refractivity (Wildman–Crippen MR) is 95.8 cm³/mol. The summed E-state index contributed by atoms with van der Waals surface area (Å²) in [5, 5.41) is 1.33. The lowest BCUT2D eigenvalue weighted by Crippen LogP contribution is -2.32. The van der Waals surface area contributed by atoms with E-state index in [1.165, 1.54) is 0 Å². The van der Waals surface area contributed by atoms with Crippen LogP contribution in [-0.2, 0) is 4.79 Å². The second-order valence-corrected chi connectivity index (χ2v) is 6.28. The first-order valence-electron chi connectivity index (χ1n) is 7.49. The van der Waals surface area contributed by atoms with Crippen LogP contribution in [0.15, 0.2) is 48.5 Å². The van der Waals surface area contributed by atoms with Gasteiger partial charge in [-0.2, -0.15) is 0 Å². The van der Waals surface area contributed by atoms with Crippen LogP contribution in [0, 0.1) is 0 Å². The summed E-state index contributed by atoms with van der Waals surface area (Å²) in [5.41, 5.74) is 7.51. The fourth-order valence-corrected chi connectivity index (χ4v) is 2.76. The Morgan fingerprint density at radius 3 is 1.83 bits per heavy atom. The average molecular weight is 351 g/mol. The van der Waals surface area contributed by atoms with Gasteiger partial charge in [0.05, 0.1) is 6.04 Å². The van der Waals surface area contributed by atoms with Gasteiger partial charge < -0.3 is 10.6 Å². The quantitative estimate of drug-likeness (QED) is 0.844. The molecule has 0 unspecified atom stereocenters. The maximum atomic E-state index is 12.4. The highest BCUT2D eigenvalue weighted by molar-refractivity contribution is 6.30. The maximum absolute atomic E-state index is 12.4. The zero-order chi connectivity index (χ0) is 16.8. The zero-order valence-corrected chi connectivity index (χ0v) is 14.5. The number of amides is 1. The van der Waals surface area contributed by atoms with Crippen molar-refractivity contribution >= 4 is 29.1 Å². The molecule has 0 bridgehead atoms. The van der Waals surface area contributed by atoms with Crippen molar-refractivity contribution in [2.24, 2.45) is 5.73 Å². The summed E-state index contributed by atoms with van der Waals surface area (Å²) in [5.74, 6) is 0.0605. The van der Waals surface area contributed by atoms with Crippen LogP contribution < -0.4 is 5.73 Å². The number of carbonyl (C=O) groups is 1. The minimum atomic E-state index is -0.185. The molecule has 0 saturated carbocycles. The molecule has 0 aliphatic rings. The summed E-state index contributed by atoms with van der Waals surface area (Å²) in [6, 6.07) is 14.9. The third-order valence-corrected chi connectivity index (χ3v) is 4.25. The highest BCUT2D eigenvalue weighted by atomic mass is 35.5. The normalized spacial score (nSPS) is 10.8. The van der Waals surface area contributed by atoms with E-state index < -0.39 is 0 Å². The van der Waals surface area contributed by atoms with Crippen LogP contribution in [0.3, 0.4) is 0 Å². The van der Waals surface area contributed by atoms with Gasteiger partial charge in [0.25, 0.3) is 0 Å². The Morgan fingerprint density at radius 2 is 1.43 bits per heavy atom. The first-order chi connectivity index (χ1) is 11.0. The van der Waals surface area contributed by atoms with Crippen LogP contribution in [0.2, 0.25) is 10.0 Å². The van der Waals surface area contributed by atoms with Crippen LogP contribution in [0.5, 0.6) is 0 Å². The smallest absolute Gasteiger partial charge is 0.223 e. The molecule has 0 radical (unpaired) electrons. The predicted octanol–water partition coefficient (Wildman–Crippen LogP) is 4.28. The molecule has 0 aliphatic heterocycles. The molecule has 122 valence electrons. The monoisotopic (exact) mass is 350 g/mol.